The first kappa shape index (κ1) is 14.3. The number of furan rings is 1. The molecule has 0 spiro atoms. The van der Waals surface area contributed by atoms with Crippen LogP contribution in [-0.4, -0.2) is 37.0 Å². The van der Waals surface area contributed by atoms with Gasteiger partial charge in [0, 0.05) is 13.1 Å². The van der Waals surface area contributed by atoms with Crippen molar-refractivity contribution in [3.63, 3.8) is 0 Å². The van der Waals surface area contributed by atoms with Crippen LogP contribution in [0.5, 0.6) is 0 Å². The molecule has 0 saturated heterocycles. The van der Waals surface area contributed by atoms with E-state index in [-0.39, 0.29) is 17.8 Å². The molecule has 1 unspecified atom stereocenters. The molecular formula is C13H19NO4. The van der Waals surface area contributed by atoms with Crippen molar-refractivity contribution in [3.8, 4) is 0 Å². The Hall–Kier alpha value is -1.78. The molecule has 0 N–H and O–H groups in total. The molecule has 0 aromatic carbocycles. The van der Waals surface area contributed by atoms with Gasteiger partial charge in [-0.05, 0) is 18.6 Å². The maximum Gasteiger partial charge on any atom is 0.310 e. The average Bonchev–Trinajstić information content (AvgIpc) is 2.90. The first-order valence-electron chi connectivity index (χ1n) is 6.00. The highest BCUT2D eigenvalue weighted by Crippen LogP contribution is 2.10. The molecule has 0 radical (unpaired) electrons. The number of ether oxygens (including phenoxy) is 1. The third-order valence-corrected chi connectivity index (χ3v) is 2.61. The maximum absolute atomic E-state index is 12.1. The zero-order chi connectivity index (χ0) is 13.5. The first-order chi connectivity index (χ1) is 8.60. The van der Waals surface area contributed by atoms with Gasteiger partial charge in [-0.1, -0.05) is 13.8 Å². The molecule has 1 heterocycles. The Labute approximate surface area is 107 Å². The van der Waals surface area contributed by atoms with E-state index in [1.54, 1.807) is 24.0 Å². The molecule has 18 heavy (non-hydrogen) atoms. The van der Waals surface area contributed by atoms with Crippen LogP contribution in [0.3, 0.4) is 0 Å². The normalized spacial score (nSPS) is 11.9. The van der Waals surface area contributed by atoms with E-state index in [1.165, 1.54) is 13.4 Å². The Morgan fingerprint density at radius 1 is 1.50 bits per heavy atom. The molecule has 1 rings (SSSR count). The van der Waals surface area contributed by atoms with Crippen LogP contribution in [0.25, 0.3) is 0 Å². The number of esters is 1. The predicted molar refractivity (Wildman–Crippen MR) is 66.1 cm³/mol. The average molecular weight is 253 g/mol. The fourth-order valence-electron chi connectivity index (χ4n) is 1.71. The largest absolute Gasteiger partial charge is 0.469 e. The molecule has 0 bridgehead atoms. The van der Waals surface area contributed by atoms with Gasteiger partial charge in [-0.2, -0.15) is 0 Å². The highest BCUT2D eigenvalue weighted by atomic mass is 16.5. The summed E-state index contributed by atoms with van der Waals surface area (Å²) in [6.07, 6.45) is 2.28. The summed E-state index contributed by atoms with van der Waals surface area (Å²) in [4.78, 5) is 25.1. The number of nitrogens with zero attached hydrogens (tertiary/aromatic N) is 1. The van der Waals surface area contributed by atoms with Crippen molar-refractivity contribution in [3.05, 3.63) is 24.2 Å². The highest BCUT2D eigenvalue weighted by Gasteiger charge is 2.23. The Morgan fingerprint density at radius 3 is 2.72 bits per heavy atom. The number of rotatable bonds is 6. The molecule has 1 atom stereocenters. The van der Waals surface area contributed by atoms with Crippen LogP contribution < -0.4 is 0 Å². The Kier molecular flexibility index (Phi) is 5.42. The number of carbonyl (C=O) groups is 2. The smallest absolute Gasteiger partial charge is 0.310 e. The summed E-state index contributed by atoms with van der Waals surface area (Å²) >= 11 is 0. The van der Waals surface area contributed by atoms with Crippen molar-refractivity contribution in [2.75, 3.05) is 20.2 Å². The summed E-state index contributed by atoms with van der Waals surface area (Å²) in [5.74, 6) is -0.568. The molecule has 5 heteroatoms. The lowest BCUT2D eigenvalue weighted by molar-refractivity contribution is -0.145. The molecule has 100 valence electrons. The lowest BCUT2D eigenvalue weighted by atomic mass is 10.1. The van der Waals surface area contributed by atoms with E-state index in [0.29, 0.717) is 18.8 Å². The summed E-state index contributed by atoms with van der Waals surface area (Å²) < 4.78 is 9.74. The van der Waals surface area contributed by atoms with Gasteiger partial charge in [-0.15, -0.1) is 0 Å². The van der Waals surface area contributed by atoms with Gasteiger partial charge in [0.1, 0.15) is 0 Å². The lowest BCUT2D eigenvalue weighted by Crippen LogP contribution is -2.37. The highest BCUT2D eigenvalue weighted by molar-refractivity contribution is 5.91. The summed E-state index contributed by atoms with van der Waals surface area (Å²) in [7, 11) is 1.34. The monoisotopic (exact) mass is 253 g/mol. The van der Waals surface area contributed by atoms with Crippen molar-refractivity contribution in [1.82, 2.24) is 4.90 Å². The fourth-order valence-corrected chi connectivity index (χ4v) is 1.71. The number of methoxy groups -OCH3 is 1. The summed E-state index contributed by atoms with van der Waals surface area (Å²) in [6.45, 7) is 4.63. The minimum atomic E-state index is -0.347. The van der Waals surface area contributed by atoms with Gasteiger partial charge in [0.05, 0.1) is 19.3 Å². The molecule has 0 fully saturated rings. The van der Waals surface area contributed by atoms with Gasteiger partial charge in [0.15, 0.2) is 5.76 Å². The minimum absolute atomic E-state index is 0.197. The summed E-state index contributed by atoms with van der Waals surface area (Å²) in [6, 6.07) is 3.29. The number of hydrogen-bond acceptors (Lipinski definition) is 4. The Balaban J connectivity index is 2.70. The number of amides is 1. The number of hydrogen-bond donors (Lipinski definition) is 0. The zero-order valence-electron chi connectivity index (χ0n) is 11.0. The Morgan fingerprint density at radius 2 is 2.22 bits per heavy atom. The molecule has 1 aromatic heterocycles. The van der Waals surface area contributed by atoms with Crippen LogP contribution >= 0.6 is 0 Å². The van der Waals surface area contributed by atoms with Crippen LogP contribution in [-0.2, 0) is 9.53 Å². The van der Waals surface area contributed by atoms with E-state index < -0.39 is 0 Å². The van der Waals surface area contributed by atoms with Crippen LogP contribution in [0.1, 0.15) is 30.8 Å². The van der Waals surface area contributed by atoms with Crippen molar-refractivity contribution < 1.29 is 18.7 Å². The molecule has 1 amide bonds. The van der Waals surface area contributed by atoms with Gasteiger partial charge >= 0.3 is 5.97 Å². The molecular weight excluding hydrogens is 234 g/mol. The number of carbonyl (C=O) groups excluding carboxylic acids is 2. The van der Waals surface area contributed by atoms with Gasteiger partial charge in [-0.25, -0.2) is 0 Å². The fraction of sp³-hybridized carbons (Fsp3) is 0.538. The standard InChI is InChI=1S/C13H19NO4/c1-4-7-14(9-10(2)13(16)17-3)12(15)11-6-5-8-18-11/h5-6,8,10H,4,7,9H2,1-3H3. The van der Waals surface area contributed by atoms with Crippen molar-refractivity contribution in [2.24, 2.45) is 5.92 Å². The lowest BCUT2D eigenvalue weighted by Gasteiger charge is -2.23. The maximum atomic E-state index is 12.1. The zero-order valence-corrected chi connectivity index (χ0v) is 11.0. The van der Waals surface area contributed by atoms with E-state index in [4.69, 9.17) is 4.42 Å². The van der Waals surface area contributed by atoms with Crippen molar-refractivity contribution in [2.45, 2.75) is 20.3 Å². The Bertz CT molecular complexity index is 386. The van der Waals surface area contributed by atoms with Gasteiger partial charge in [0.2, 0.25) is 0 Å². The van der Waals surface area contributed by atoms with Crippen LogP contribution in [0.2, 0.25) is 0 Å². The second-order valence-electron chi connectivity index (χ2n) is 4.15. The molecule has 0 aliphatic heterocycles. The predicted octanol–water partition coefficient (Wildman–Crippen LogP) is 1.94. The van der Waals surface area contributed by atoms with Gasteiger partial charge in [-0.3, -0.25) is 9.59 Å². The third-order valence-electron chi connectivity index (χ3n) is 2.61. The van der Waals surface area contributed by atoms with Crippen molar-refractivity contribution in [1.29, 1.82) is 0 Å². The molecule has 0 aliphatic rings. The molecule has 0 aliphatic carbocycles. The van der Waals surface area contributed by atoms with E-state index in [0.717, 1.165) is 6.42 Å². The van der Waals surface area contributed by atoms with Gasteiger partial charge < -0.3 is 14.1 Å². The quantitative estimate of drug-likeness (QED) is 0.727. The molecule has 1 aromatic rings. The second-order valence-corrected chi connectivity index (χ2v) is 4.15. The molecule has 0 saturated carbocycles. The third kappa shape index (κ3) is 3.61. The van der Waals surface area contributed by atoms with E-state index in [1.807, 2.05) is 6.92 Å². The van der Waals surface area contributed by atoms with E-state index in [2.05, 4.69) is 4.74 Å². The molecule has 5 nitrogen and oxygen atoms in total. The summed E-state index contributed by atoms with van der Waals surface area (Å²) in [5.41, 5.74) is 0. The van der Waals surface area contributed by atoms with E-state index in [9.17, 15) is 9.59 Å². The first-order valence-corrected chi connectivity index (χ1v) is 6.00. The second kappa shape index (κ2) is 6.83. The van der Waals surface area contributed by atoms with Crippen LogP contribution in [0, 0.1) is 5.92 Å². The SMILES string of the molecule is CCCN(CC(C)C(=O)OC)C(=O)c1ccco1. The van der Waals surface area contributed by atoms with E-state index >= 15 is 0 Å². The van der Waals surface area contributed by atoms with Gasteiger partial charge in [0.25, 0.3) is 5.91 Å². The topological polar surface area (TPSA) is 59.8 Å². The van der Waals surface area contributed by atoms with Crippen LogP contribution in [0.4, 0.5) is 0 Å². The van der Waals surface area contributed by atoms with Crippen molar-refractivity contribution >= 4 is 11.9 Å². The summed E-state index contributed by atoms with van der Waals surface area (Å²) in [5, 5.41) is 0. The minimum Gasteiger partial charge on any atom is -0.469 e. The van der Waals surface area contributed by atoms with Crippen LogP contribution in [0.15, 0.2) is 22.8 Å².